The molecule has 1 nitrogen and oxygen atoms in total. The van der Waals surface area contributed by atoms with Crippen molar-refractivity contribution in [3.8, 4) is 0 Å². The van der Waals surface area contributed by atoms with Crippen LogP contribution in [-0.4, -0.2) is 6.54 Å². The Labute approximate surface area is 120 Å². The van der Waals surface area contributed by atoms with E-state index in [2.05, 4.69) is 5.32 Å². The van der Waals surface area contributed by atoms with E-state index in [1.165, 1.54) is 24.3 Å². The summed E-state index contributed by atoms with van der Waals surface area (Å²) >= 11 is 5.78. The molecule has 0 spiro atoms. The molecule has 0 atom stereocenters. The number of nitrogens with one attached hydrogen (secondary N) is 1. The van der Waals surface area contributed by atoms with Gasteiger partial charge in [0.2, 0.25) is 0 Å². The van der Waals surface area contributed by atoms with Gasteiger partial charge >= 0.3 is 0 Å². The predicted molar refractivity (Wildman–Crippen MR) is 73.2 cm³/mol. The Balaban J connectivity index is 1.86. The first-order valence-corrected chi connectivity index (χ1v) is 6.52. The van der Waals surface area contributed by atoms with Crippen LogP contribution >= 0.6 is 11.6 Å². The molecule has 2 aromatic rings. The summed E-state index contributed by atoms with van der Waals surface area (Å²) in [7, 11) is 0. The lowest BCUT2D eigenvalue weighted by molar-refractivity contribution is 0.574. The third-order valence-electron chi connectivity index (χ3n) is 2.84. The highest BCUT2D eigenvalue weighted by molar-refractivity contribution is 6.30. The van der Waals surface area contributed by atoms with Crippen molar-refractivity contribution in [2.45, 2.75) is 13.0 Å². The van der Waals surface area contributed by atoms with E-state index in [-0.39, 0.29) is 5.82 Å². The fourth-order valence-corrected chi connectivity index (χ4v) is 2.08. The quantitative estimate of drug-likeness (QED) is 0.820. The van der Waals surface area contributed by atoms with E-state index < -0.39 is 11.6 Å². The predicted octanol–water partition coefficient (Wildman–Crippen LogP) is 4.09. The van der Waals surface area contributed by atoms with Crippen LogP contribution in [0, 0.1) is 17.5 Å². The Kier molecular flexibility index (Phi) is 5.04. The molecular weight excluding hydrogens is 287 g/mol. The molecule has 0 aliphatic carbocycles. The van der Waals surface area contributed by atoms with Gasteiger partial charge < -0.3 is 5.32 Å². The largest absolute Gasteiger partial charge is 0.312 e. The van der Waals surface area contributed by atoms with Crippen LogP contribution < -0.4 is 5.32 Å². The van der Waals surface area contributed by atoms with Gasteiger partial charge in [0.1, 0.15) is 17.5 Å². The number of benzene rings is 2. The first-order valence-electron chi connectivity index (χ1n) is 6.14. The molecule has 0 saturated heterocycles. The van der Waals surface area contributed by atoms with Crippen LogP contribution in [0.3, 0.4) is 0 Å². The van der Waals surface area contributed by atoms with E-state index in [1.54, 1.807) is 6.07 Å². The molecule has 0 amide bonds. The Morgan fingerprint density at radius 2 is 1.65 bits per heavy atom. The molecule has 0 fully saturated rings. The first-order chi connectivity index (χ1) is 9.54. The number of rotatable bonds is 5. The van der Waals surface area contributed by atoms with E-state index in [0.29, 0.717) is 35.7 Å². The number of halogens is 4. The van der Waals surface area contributed by atoms with E-state index in [1.807, 2.05) is 0 Å². The lowest BCUT2D eigenvalue weighted by Crippen LogP contribution is -2.17. The zero-order valence-electron chi connectivity index (χ0n) is 10.6. The fourth-order valence-electron chi connectivity index (χ4n) is 1.89. The zero-order chi connectivity index (χ0) is 14.5. The summed E-state index contributed by atoms with van der Waals surface area (Å²) in [5.41, 5.74) is 1.02. The maximum Gasteiger partial charge on any atom is 0.127 e. The Morgan fingerprint density at radius 1 is 0.950 bits per heavy atom. The minimum Gasteiger partial charge on any atom is -0.312 e. The van der Waals surface area contributed by atoms with Gasteiger partial charge in [0.15, 0.2) is 0 Å². The topological polar surface area (TPSA) is 12.0 Å². The number of hydrogen-bond donors (Lipinski definition) is 1. The molecule has 0 heterocycles. The summed E-state index contributed by atoms with van der Waals surface area (Å²) in [6, 6.07) is 7.73. The summed E-state index contributed by atoms with van der Waals surface area (Å²) in [6.45, 7) is 0.791. The molecule has 0 bridgehead atoms. The summed E-state index contributed by atoms with van der Waals surface area (Å²) in [5, 5.41) is 3.48. The summed E-state index contributed by atoms with van der Waals surface area (Å²) < 4.78 is 39.4. The van der Waals surface area contributed by atoms with Gasteiger partial charge in [0, 0.05) is 23.2 Å². The average molecular weight is 300 g/mol. The van der Waals surface area contributed by atoms with Crippen molar-refractivity contribution >= 4 is 11.6 Å². The third-order valence-corrected chi connectivity index (χ3v) is 3.07. The smallest absolute Gasteiger partial charge is 0.127 e. The van der Waals surface area contributed by atoms with Crippen molar-refractivity contribution < 1.29 is 13.2 Å². The average Bonchev–Trinajstić information content (AvgIpc) is 2.37. The zero-order valence-corrected chi connectivity index (χ0v) is 11.4. The fraction of sp³-hybridized carbons (Fsp3) is 0.200. The van der Waals surface area contributed by atoms with Gasteiger partial charge in [-0.2, -0.15) is 0 Å². The number of hydrogen-bond acceptors (Lipinski definition) is 1. The molecule has 20 heavy (non-hydrogen) atoms. The maximum atomic E-state index is 13.4. The van der Waals surface area contributed by atoms with Gasteiger partial charge in [0.05, 0.1) is 0 Å². The molecule has 0 radical (unpaired) electrons. The molecule has 106 valence electrons. The molecule has 5 heteroatoms. The molecule has 1 N–H and O–H groups in total. The highest BCUT2D eigenvalue weighted by Crippen LogP contribution is 2.14. The Hall–Kier alpha value is -1.52. The normalized spacial score (nSPS) is 10.8. The second kappa shape index (κ2) is 6.77. The van der Waals surface area contributed by atoms with Crippen LogP contribution in [0.15, 0.2) is 36.4 Å². The molecule has 0 unspecified atom stereocenters. The van der Waals surface area contributed by atoms with Crippen LogP contribution in [0.2, 0.25) is 5.02 Å². The molecule has 0 aliphatic heterocycles. The molecule has 0 aromatic heterocycles. The van der Waals surface area contributed by atoms with Gasteiger partial charge in [-0.15, -0.1) is 0 Å². The van der Waals surface area contributed by atoms with Crippen molar-refractivity contribution in [3.05, 3.63) is 70.0 Å². The minimum absolute atomic E-state index is 0.310. The van der Waals surface area contributed by atoms with E-state index in [0.717, 1.165) is 6.07 Å². The molecule has 0 aliphatic rings. The standard InChI is InChI=1S/C15H13ClF3N/c16-12-1-2-15(19)11(7-12)9-20-4-3-10-5-13(17)8-14(18)6-10/h1-2,5-8,20H,3-4,9H2. The highest BCUT2D eigenvalue weighted by atomic mass is 35.5. The molecule has 0 saturated carbocycles. The highest BCUT2D eigenvalue weighted by Gasteiger charge is 2.03. The Bertz CT molecular complexity index is 581. The second-order valence-corrected chi connectivity index (χ2v) is 4.88. The SMILES string of the molecule is Fc1cc(F)cc(CCNCc2cc(Cl)ccc2F)c1. The maximum absolute atomic E-state index is 13.4. The van der Waals surface area contributed by atoms with Crippen molar-refractivity contribution in [2.24, 2.45) is 0 Å². The summed E-state index contributed by atoms with van der Waals surface area (Å²) in [6.07, 6.45) is 0.455. The van der Waals surface area contributed by atoms with Gasteiger partial charge in [0.25, 0.3) is 0 Å². The first kappa shape index (κ1) is 14.9. The second-order valence-electron chi connectivity index (χ2n) is 4.44. The van der Waals surface area contributed by atoms with E-state index >= 15 is 0 Å². The minimum atomic E-state index is -0.596. The van der Waals surface area contributed by atoms with Crippen LogP contribution in [0.25, 0.3) is 0 Å². The third kappa shape index (κ3) is 4.25. The van der Waals surface area contributed by atoms with Crippen molar-refractivity contribution in [3.63, 3.8) is 0 Å². The molecule has 2 rings (SSSR count). The van der Waals surface area contributed by atoms with Gasteiger partial charge in [-0.1, -0.05) is 11.6 Å². The van der Waals surface area contributed by atoms with Crippen LogP contribution in [-0.2, 0) is 13.0 Å². The van der Waals surface area contributed by atoms with E-state index in [9.17, 15) is 13.2 Å². The molecule has 2 aromatic carbocycles. The van der Waals surface area contributed by atoms with Crippen molar-refractivity contribution in [1.29, 1.82) is 0 Å². The lowest BCUT2D eigenvalue weighted by Gasteiger charge is -2.07. The van der Waals surface area contributed by atoms with Gasteiger partial charge in [-0.25, -0.2) is 13.2 Å². The van der Waals surface area contributed by atoms with Crippen LogP contribution in [0.5, 0.6) is 0 Å². The lowest BCUT2D eigenvalue weighted by atomic mass is 10.1. The van der Waals surface area contributed by atoms with Crippen LogP contribution in [0.1, 0.15) is 11.1 Å². The monoisotopic (exact) mass is 299 g/mol. The molecular formula is C15H13ClF3N. The van der Waals surface area contributed by atoms with Gasteiger partial charge in [-0.05, 0) is 48.9 Å². The van der Waals surface area contributed by atoms with Crippen LogP contribution in [0.4, 0.5) is 13.2 Å². The van der Waals surface area contributed by atoms with Crippen molar-refractivity contribution in [2.75, 3.05) is 6.54 Å². The van der Waals surface area contributed by atoms with Crippen molar-refractivity contribution in [1.82, 2.24) is 5.32 Å². The summed E-state index contributed by atoms with van der Waals surface area (Å²) in [4.78, 5) is 0. The Morgan fingerprint density at radius 3 is 2.35 bits per heavy atom. The van der Waals surface area contributed by atoms with E-state index in [4.69, 9.17) is 11.6 Å². The van der Waals surface area contributed by atoms with Gasteiger partial charge in [-0.3, -0.25) is 0 Å². The summed E-state index contributed by atoms with van der Waals surface area (Å²) in [5.74, 6) is -1.53.